The van der Waals surface area contributed by atoms with Gasteiger partial charge in [-0.3, -0.25) is 14.9 Å². The van der Waals surface area contributed by atoms with Crippen molar-refractivity contribution in [3.8, 4) is 6.01 Å². The van der Waals surface area contributed by atoms with E-state index in [0.29, 0.717) is 16.8 Å². The van der Waals surface area contributed by atoms with E-state index in [-0.39, 0.29) is 17.9 Å². The Hall–Kier alpha value is -3.23. The molecule has 3 rings (SSSR count). The van der Waals surface area contributed by atoms with Crippen LogP contribution in [0.5, 0.6) is 6.01 Å². The van der Waals surface area contributed by atoms with Gasteiger partial charge in [-0.05, 0) is 18.2 Å². The standard InChI is InChI=1S/C12H10N6O3/c1-21-12-17-10(13)16-11(18-12)14-5-2-3-6-7(4-5)9(20)15-8(6)19/h2-4H,1H3,(H,15,19,20)(H3,13,14,16,17,18). The van der Waals surface area contributed by atoms with Gasteiger partial charge in [0.25, 0.3) is 11.8 Å². The average Bonchev–Trinajstić information content (AvgIpc) is 2.73. The van der Waals surface area contributed by atoms with Crippen molar-refractivity contribution in [2.45, 2.75) is 0 Å². The monoisotopic (exact) mass is 286 g/mol. The molecular formula is C12H10N6O3. The minimum Gasteiger partial charge on any atom is -0.467 e. The Labute approximate surface area is 118 Å². The Bertz CT molecular complexity index is 761. The third kappa shape index (κ3) is 2.31. The zero-order chi connectivity index (χ0) is 15.0. The molecule has 9 heteroatoms. The molecule has 0 radical (unpaired) electrons. The van der Waals surface area contributed by atoms with Gasteiger partial charge in [0.15, 0.2) is 0 Å². The molecule has 21 heavy (non-hydrogen) atoms. The van der Waals surface area contributed by atoms with E-state index in [9.17, 15) is 9.59 Å². The molecule has 0 spiro atoms. The number of amides is 2. The number of hydrogen-bond donors (Lipinski definition) is 3. The summed E-state index contributed by atoms with van der Waals surface area (Å²) in [4.78, 5) is 34.7. The van der Waals surface area contributed by atoms with Crippen molar-refractivity contribution in [2.24, 2.45) is 0 Å². The number of carbonyl (C=O) groups excluding carboxylic acids is 2. The quantitative estimate of drug-likeness (QED) is 0.676. The topological polar surface area (TPSA) is 132 Å². The Morgan fingerprint density at radius 3 is 2.67 bits per heavy atom. The lowest BCUT2D eigenvalue weighted by molar-refractivity contribution is 0.0879. The van der Waals surface area contributed by atoms with Crippen molar-refractivity contribution in [3.63, 3.8) is 0 Å². The van der Waals surface area contributed by atoms with Crippen LogP contribution in [0.15, 0.2) is 18.2 Å². The van der Waals surface area contributed by atoms with Gasteiger partial charge in [-0.1, -0.05) is 0 Å². The molecule has 1 aliphatic heterocycles. The number of imide groups is 1. The Kier molecular flexibility index (Phi) is 2.87. The third-order valence-electron chi connectivity index (χ3n) is 2.81. The second-order valence-electron chi connectivity index (χ2n) is 4.17. The maximum absolute atomic E-state index is 11.6. The second-order valence-corrected chi connectivity index (χ2v) is 4.17. The van der Waals surface area contributed by atoms with Crippen LogP contribution in [0.25, 0.3) is 0 Å². The fraction of sp³-hybridized carbons (Fsp3) is 0.0833. The smallest absolute Gasteiger partial charge is 0.322 e. The number of ether oxygens (including phenoxy) is 1. The Morgan fingerprint density at radius 1 is 1.14 bits per heavy atom. The van der Waals surface area contributed by atoms with Gasteiger partial charge in [0.1, 0.15) is 0 Å². The molecule has 106 valence electrons. The molecule has 1 aromatic carbocycles. The fourth-order valence-electron chi connectivity index (χ4n) is 1.89. The first kappa shape index (κ1) is 12.8. The molecule has 0 fully saturated rings. The number of nitrogen functional groups attached to an aromatic ring is 1. The first-order valence-corrected chi connectivity index (χ1v) is 5.89. The number of nitrogens with two attached hydrogens (primary N) is 1. The molecule has 0 saturated heterocycles. The van der Waals surface area contributed by atoms with Crippen LogP contribution in [0.3, 0.4) is 0 Å². The highest BCUT2D eigenvalue weighted by Crippen LogP contribution is 2.22. The van der Waals surface area contributed by atoms with Crippen LogP contribution in [-0.2, 0) is 0 Å². The summed E-state index contributed by atoms with van der Waals surface area (Å²) in [6.45, 7) is 0. The van der Waals surface area contributed by atoms with Crippen LogP contribution in [0.4, 0.5) is 17.6 Å². The normalized spacial score (nSPS) is 12.8. The Morgan fingerprint density at radius 2 is 1.90 bits per heavy atom. The zero-order valence-corrected chi connectivity index (χ0v) is 10.9. The maximum Gasteiger partial charge on any atom is 0.322 e. The van der Waals surface area contributed by atoms with Gasteiger partial charge < -0.3 is 15.8 Å². The van der Waals surface area contributed by atoms with E-state index in [1.807, 2.05) is 0 Å². The van der Waals surface area contributed by atoms with Crippen LogP contribution >= 0.6 is 0 Å². The van der Waals surface area contributed by atoms with E-state index in [2.05, 4.69) is 25.6 Å². The number of nitrogens with zero attached hydrogens (tertiary/aromatic N) is 3. The summed E-state index contributed by atoms with van der Waals surface area (Å²) >= 11 is 0. The zero-order valence-electron chi connectivity index (χ0n) is 10.9. The molecule has 1 aromatic heterocycles. The predicted molar refractivity (Wildman–Crippen MR) is 72.3 cm³/mol. The lowest BCUT2D eigenvalue weighted by Crippen LogP contribution is -2.19. The molecule has 0 unspecified atom stereocenters. The van der Waals surface area contributed by atoms with Crippen LogP contribution in [-0.4, -0.2) is 33.9 Å². The van der Waals surface area contributed by atoms with E-state index < -0.39 is 11.8 Å². The summed E-state index contributed by atoms with van der Waals surface area (Å²) in [5.41, 5.74) is 6.68. The highest BCUT2D eigenvalue weighted by molar-refractivity contribution is 6.21. The summed E-state index contributed by atoms with van der Waals surface area (Å²) in [7, 11) is 1.41. The van der Waals surface area contributed by atoms with Crippen molar-refractivity contribution in [3.05, 3.63) is 29.3 Å². The van der Waals surface area contributed by atoms with E-state index in [0.717, 1.165) is 0 Å². The number of aromatic nitrogens is 3. The molecule has 0 bridgehead atoms. The molecule has 2 heterocycles. The highest BCUT2D eigenvalue weighted by atomic mass is 16.5. The van der Waals surface area contributed by atoms with E-state index in [1.165, 1.54) is 13.2 Å². The van der Waals surface area contributed by atoms with Crippen molar-refractivity contribution in [1.29, 1.82) is 0 Å². The van der Waals surface area contributed by atoms with Crippen LogP contribution in [0.1, 0.15) is 20.7 Å². The number of benzene rings is 1. The predicted octanol–water partition coefficient (Wildman–Crippen LogP) is 0.0896. The summed E-state index contributed by atoms with van der Waals surface area (Å²) in [5.74, 6) is -0.679. The summed E-state index contributed by atoms with van der Waals surface area (Å²) in [5, 5.41) is 5.08. The van der Waals surface area contributed by atoms with Gasteiger partial charge in [0.2, 0.25) is 11.9 Å². The first-order valence-electron chi connectivity index (χ1n) is 5.89. The summed E-state index contributed by atoms with van der Waals surface area (Å²) < 4.78 is 4.89. The van der Waals surface area contributed by atoms with Crippen molar-refractivity contribution < 1.29 is 14.3 Å². The molecule has 0 saturated carbocycles. The molecule has 2 aromatic rings. The second kappa shape index (κ2) is 4.71. The number of anilines is 3. The number of fused-ring (bicyclic) bond motifs is 1. The largest absolute Gasteiger partial charge is 0.467 e. The molecule has 4 N–H and O–H groups in total. The maximum atomic E-state index is 11.6. The number of rotatable bonds is 3. The minimum absolute atomic E-state index is 0.00145. The van der Waals surface area contributed by atoms with Gasteiger partial charge in [-0.25, -0.2) is 0 Å². The molecule has 0 aliphatic carbocycles. The van der Waals surface area contributed by atoms with Crippen molar-refractivity contribution in [2.75, 3.05) is 18.2 Å². The van der Waals surface area contributed by atoms with E-state index >= 15 is 0 Å². The van der Waals surface area contributed by atoms with Crippen LogP contribution in [0.2, 0.25) is 0 Å². The number of nitrogens with one attached hydrogen (secondary N) is 2. The lowest BCUT2D eigenvalue weighted by atomic mass is 10.1. The van der Waals surface area contributed by atoms with Crippen molar-refractivity contribution in [1.82, 2.24) is 20.3 Å². The molecular weight excluding hydrogens is 276 g/mol. The molecule has 1 aliphatic rings. The summed E-state index contributed by atoms with van der Waals surface area (Å²) in [6, 6.07) is 4.77. The fourth-order valence-corrected chi connectivity index (χ4v) is 1.89. The number of methoxy groups -OCH3 is 1. The number of carbonyl (C=O) groups is 2. The van der Waals surface area contributed by atoms with Gasteiger partial charge >= 0.3 is 6.01 Å². The van der Waals surface area contributed by atoms with E-state index in [4.69, 9.17) is 10.5 Å². The average molecular weight is 286 g/mol. The van der Waals surface area contributed by atoms with Crippen molar-refractivity contribution >= 4 is 29.4 Å². The Balaban J connectivity index is 1.93. The SMILES string of the molecule is COc1nc(N)nc(Nc2ccc3c(c2)C(=O)NC3=O)n1. The van der Waals surface area contributed by atoms with Gasteiger partial charge in [0, 0.05) is 5.69 Å². The summed E-state index contributed by atoms with van der Waals surface area (Å²) in [6.07, 6.45) is 0. The van der Waals surface area contributed by atoms with Crippen LogP contribution < -0.4 is 21.1 Å². The molecule has 0 atom stereocenters. The molecule has 2 amide bonds. The van der Waals surface area contributed by atoms with Gasteiger partial charge in [-0.2, -0.15) is 15.0 Å². The first-order chi connectivity index (χ1) is 10.1. The van der Waals surface area contributed by atoms with E-state index in [1.54, 1.807) is 12.1 Å². The highest BCUT2D eigenvalue weighted by Gasteiger charge is 2.26. The third-order valence-corrected chi connectivity index (χ3v) is 2.81. The van der Waals surface area contributed by atoms with Gasteiger partial charge in [0.05, 0.1) is 18.2 Å². The minimum atomic E-state index is -0.439. The lowest BCUT2D eigenvalue weighted by Gasteiger charge is -2.07. The molecule has 9 nitrogen and oxygen atoms in total. The number of hydrogen-bond acceptors (Lipinski definition) is 8. The van der Waals surface area contributed by atoms with Gasteiger partial charge in [-0.15, -0.1) is 0 Å². The van der Waals surface area contributed by atoms with Crippen LogP contribution in [0, 0.1) is 0 Å².